The Morgan fingerprint density at radius 3 is 2.18 bits per heavy atom. The van der Waals surface area contributed by atoms with Gasteiger partial charge in [-0.15, -0.1) is 0 Å². The summed E-state index contributed by atoms with van der Waals surface area (Å²) >= 11 is 2.13. The Bertz CT molecular complexity index is 86.9. The highest BCUT2D eigenvalue weighted by Crippen LogP contribution is 2.29. The molecule has 1 heteroatoms. The van der Waals surface area contributed by atoms with Gasteiger partial charge in [0, 0.05) is 4.75 Å². The van der Waals surface area contributed by atoms with Gasteiger partial charge in [0.1, 0.15) is 0 Å². The number of hydrogen-bond donors (Lipinski definition) is 0. The van der Waals surface area contributed by atoms with E-state index in [9.17, 15) is 0 Å². The molecule has 0 aromatic heterocycles. The molecule has 0 rings (SSSR count). The first-order valence-electron chi connectivity index (χ1n) is 4.76. The first-order chi connectivity index (χ1) is 5.12. The standard InChI is InChI=1S/C10H22S/c1-5-7-9-11-10(3,4)8-6-2/h5-9H2,1-4H3. The van der Waals surface area contributed by atoms with Crippen molar-refractivity contribution >= 4 is 11.8 Å². The van der Waals surface area contributed by atoms with Gasteiger partial charge in [0.15, 0.2) is 0 Å². The zero-order chi connectivity index (χ0) is 8.74. The van der Waals surface area contributed by atoms with Crippen LogP contribution < -0.4 is 0 Å². The molecule has 68 valence electrons. The normalized spacial score (nSPS) is 12.0. The number of unbranched alkanes of at least 4 members (excludes halogenated alkanes) is 1. The van der Waals surface area contributed by atoms with E-state index in [1.165, 1.54) is 31.4 Å². The van der Waals surface area contributed by atoms with Crippen LogP contribution >= 0.6 is 11.8 Å². The van der Waals surface area contributed by atoms with E-state index in [2.05, 4.69) is 39.5 Å². The third-order valence-electron chi connectivity index (χ3n) is 1.84. The third-order valence-corrected chi connectivity index (χ3v) is 3.32. The molecule has 0 aliphatic carbocycles. The van der Waals surface area contributed by atoms with Crippen LogP contribution in [0.5, 0.6) is 0 Å². The van der Waals surface area contributed by atoms with E-state index < -0.39 is 0 Å². The fourth-order valence-electron chi connectivity index (χ4n) is 1.17. The van der Waals surface area contributed by atoms with Crippen molar-refractivity contribution in [3.05, 3.63) is 0 Å². The molecule has 0 aromatic rings. The third kappa shape index (κ3) is 6.74. The summed E-state index contributed by atoms with van der Waals surface area (Å²) in [5, 5.41) is 0. The van der Waals surface area contributed by atoms with Gasteiger partial charge in [0.25, 0.3) is 0 Å². The Morgan fingerprint density at radius 1 is 1.09 bits per heavy atom. The number of rotatable bonds is 6. The second-order valence-corrected chi connectivity index (χ2v) is 5.51. The predicted molar refractivity (Wildman–Crippen MR) is 56.4 cm³/mol. The largest absolute Gasteiger partial charge is 0.156 e. The summed E-state index contributed by atoms with van der Waals surface area (Å²) < 4.78 is 0.518. The summed E-state index contributed by atoms with van der Waals surface area (Å²) in [6, 6.07) is 0. The number of thioether (sulfide) groups is 1. The zero-order valence-corrected chi connectivity index (χ0v) is 9.26. The molecule has 0 N–H and O–H groups in total. The van der Waals surface area contributed by atoms with Crippen LogP contribution in [-0.4, -0.2) is 10.5 Å². The summed E-state index contributed by atoms with van der Waals surface area (Å²) in [5.41, 5.74) is 0. The van der Waals surface area contributed by atoms with Crippen molar-refractivity contribution in [2.75, 3.05) is 5.75 Å². The summed E-state index contributed by atoms with van der Waals surface area (Å²) in [5.74, 6) is 1.34. The smallest absolute Gasteiger partial charge is 0.0103 e. The molecule has 0 saturated carbocycles. The molecule has 0 radical (unpaired) electrons. The Labute approximate surface area is 76.1 Å². The Morgan fingerprint density at radius 2 is 1.73 bits per heavy atom. The molecule has 0 aliphatic heterocycles. The molecule has 0 aliphatic rings. The van der Waals surface area contributed by atoms with Crippen molar-refractivity contribution in [1.29, 1.82) is 0 Å². The molecule has 0 aromatic carbocycles. The van der Waals surface area contributed by atoms with Crippen molar-refractivity contribution in [3.63, 3.8) is 0 Å². The van der Waals surface area contributed by atoms with Crippen LogP contribution in [0.4, 0.5) is 0 Å². The maximum atomic E-state index is 2.36. The van der Waals surface area contributed by atoms with Crippen LogP contribution in [0.15, 0.2) is 0 Å². The highest BCUT2D eigenvalue weighted by molar-refractivity contribution is 8.00. The molecule has 0 bridgehead atoms. The van der Waals surface area contributed by atoms with E-state index in [0.29, 0.717) is 4.75 Å². The first kappa shape index (κ1) is 11.4. The van der Waals surface area contributed by atoms with E-state index in [1.54, 1.807) is 0 Å². The SMILES string of the molecule is CCCCSC(C)(C)CCC. The summed E-state index contributed by atoms with van der Waals surface area (Å²) in [6.07, 6.45) is 5.36. The van der Waals surface area contributed by atoms with Crippen molar-refractivity contribution in [2.24, 2.45) is 0 Å². The van der Waals surface area contributed by atoms with Crippen LogP contribution in [-0.2, 0) is 0 Å². The highest BCUT2D eigenvalue weighted by atomic mass is 32.2. The minimum absolute atomic E-state index is 0.518. The van der Waals surface area contributed by atoms with Gasteiger partial charge in [-0.2, -0.15) is 11.8 Å². The second-order valence-electron chi connectivity index (χ2n) is 3.71. The molecule has 0 amide bonds. The van der Waals surface area contributed by atoms with Gasteiger partial charge < -0.3 is 0 Å². The number of hydrogen-bond acceptors (Lipinski definition) is 1. The lowest BCUT2D eigenvalue weighted by molar-refractivity contribution is 0.625. The fraction of sp³-hybridized carbons (Fsp3) is 1.00. The Balaban J connectivity index is 3.38. The fourth-order valence-corrected chi connectivity index (χ4v) is 2.50. The molecular weight excluding hydrogens is 152 g/mol. The van der Waals surface area contributed by atoms with Gasteiger partial charge in [-0.1, -0.05) is 40.5 Å². The molecule has 0 spiro atoms. The molecule has 0 heterocycles. The van der Waals surface area contributed by atoms with Gasteiger partial charge in [-0.05, 0) is 18.6 Å². The summed E-state index contributed by atoms with van der Waals surface area (Å²) in [4.78, 5) is 0. The molecule has 0 nitrogen and oxygen atoms in total. The second kappa shape index (κ2) is 5.93. The molecule has 0 fully saturated rings. The van der Waals surface area contributed by atoms with Crippen LogP contribution in [0.25, 0.3) is 0 Å². The summed E-state index contributed by atoms with van der Waals surface area (Å²) in [7, 11) is 0. The maximum Gasteiger partial charge on any atom is 0.0103 e. The van der Waals surface area contributed by atoms with Crippen LogP contribution in [0, 0.1) is 0 Å². The minimum Gasteiger partial charge on any atom is -0.156 e. The van der Waals surface area contributed by atoms with Gasteiger partial charge in [-0.3, -0.25) is 0 Å². The van der Waals surface area contributed by atoms with Gasteiger partial charge in [0.05, 0.1) is 0 Å². The van der Waals surface area contributed by atoms with E-state index in [1.807, 2.05) is 0 Å². The lowest BCUT2D eigenvalue weighted by Crippen LogP contribution is -2.14. The molecule has 0 atom stereocenters. The van der Waals surface area contributed by atoms with Crippen LogP contribution in [0.2, 0.25) is 0 Å². The van der Waals surface area contributed by atoms with E-state index >= 15 is 0 Å². The Hall–Kier alpha value is 0.350. The van der Waals surface area contributed by atoms with E-state index in [4.69, 9.17) is 0 Å². The highest BCUT2D eigenvalue weighted by Gasteiger charge is 2.15. The average Bonchev–Trinajstić information content (AvgIpc) is 1.87. The minimum atomic E-state index is 0.518. The van der Waals surface area contributed by atoms with Crippen molar-refractivity contribution in [2.45, 2.75) is 58.1 Å². The maximum absolute atomic E-state index is 2.36. The quantitative estimate of drug-likeness (QED) is 0.546. The van der Waals surface area contributed by atoms with Crippen molar-refractivity contribution < 1.29 is 0 Å². The lowest BCUT2D eigenvalue weighted by Gasteiger charge is -2.22. The van der Waals surface area contributed by atoms with E-state index in [-0.39, 0.29) is 0 Å². The van der Waals surface area contributed by atoms with Gasteiger partial charge in [-0.25, -0.2) is 0 Å². The van der Waals surface area contributed by atoms with E-state index in [0.717, 1.165) is 0 Å². The van der Waals surface area contributed by atoms with Crippen LogP contribution in [0.3, 0.4) is 0 Å². The lowest BCUT2D eigenvalue weighted by atomic mass is 10.1. The monoisotopic (exact) mass is 174 g/mol. The van der Waals surface area contributed by atoms with Crippen LogP contribution in [0.1, 0.15) is 53.4 Å². The van der Waals surface area contributed by atoms with Crippen molar-refractivity contribution in [3.8, 4) is 0 Å². The average molecular weight is 174 g/mol. The molecular formula is C10H22S. The molecule has 0 unspecified atom stereocenters. The van der Waals surface area contributed by atoms with Crippen molar-refractivity contribution in [1.82, 2.24) is 0 Å². The first-order valence-corrected chi connectivity index (χ1v) is 5.75. The molecule has 11 heavy (non-hydrogen) atoms. The summed E-state index contributed by atoms with van der Waals surface area (Å²) in [6.45, 7) is 9.24. The Kier molecular flexibility index (Phi) is 6.12. The molecule has 0 saturated heterocycles. The van der Waals surface area contributed by atoms with Gasteiger partial charge in [0.2, 0.25) is 0 Å². The van der Waals surface area contributed by atoms with Gasteiger partial charge >= 0.3 is 0 Å². The topological polar surface area (TPSA) is 0 Å². The predicted octanol–water partition coefficient (Wildman–Crippen LogP) is 4.10. The zero-order valence-electron chi connectivity index (χ0n) is 8.44.